The molecule has 192 valence electrons. The van der Waals surface area contributed by atoms with Crippen LogP contribution < -0.4 is 0 Å². The fourth-order valence-corrected chi connectivity index (χ4v) is 5.37. The first-order chi connectivity index (χ1) is 19.7. The van der Waals surface area contributed by atoms with Crippen molar-refractivity contribution in [3.05, 3.63) is 157 Å². The van der Waals surface area contributed by atoms with Crippen LogP contribution in [0.25, 0.3) is 49.4 Å². The standard InChI is InChI=1S/C38H30N2/c1-27-23-25-39-26-36(27)29-19-21-31(22-20-29)38-34-15-9-7-13-32(34)37(33-14-8-10-16-35(33)38)30-12-6-4-3-5-11-24-40-28(2)17-18-30/h3-26H,1-2H3/b4-3+,5-3?,6-4?,11-5+,12-6-,18-17?,24-11?,28-17-,30-12?,30-18+,40-24-,40-28?. The highest BCUT2D eigenvalue weighted by molar-refractivity contribution is 6.19. The first-order valence-corrected chi connectivity index (χ1v) is 13.6. The van der Waals surface area contributed by atoms with Crippen LogP contribution >= 0.6 is 0 Å². The fraction of sp³-hybridized carbons (Fsp3) is 0.0526. The molecule has 4 aromatic carbocycles. The van der Waals surface area contributed by atoms with Crippen molar-refractivity contribution in [3.63, 3.8) is 0 Å². The van der Waals surface area contributed by atoms with Crippen molar-refractivity contribution < 1.29 is 0 Å². The molecule has 1 aliphatic rings. The smallest absolute Gasteiger partial charge is 0.0372 e. The summed E-state index contributed by atoms with van der Waals surface area (Å²) in [5.74, 6) is 0. The summed E-state index contributed by atoms with van der Waals surface area (Å²) in [5, 5.41) is 4.92. The van der Waals surface area contributed by atoms with Gasteiger partial charge in [0.1, 0.15) is 0 Å². The van der Waals surface area contributed by atoms with E-state index in [2.05, 4.69) is 126 Å². The number of benzene rings is 4. The van der Waals surface area contributed by atoms with Crippen molar-refractivity contribution in [1.29, 1.82) is 0 Å². The molecule has 40 heavy (non-hydrogen) atoms. The van der Waals surface area contributed by atoms with Gasteiger partial charge < -0.3 is 0 Å². The average Bonchev–Trinajstić information content (AvgIpc) is 2.98. The molecule has 6 rings (SSSR count). The summed E-state index contributed by atoms with van der Waals surface area (Å²) in [5.41, 5.74) is 9.34. The van der Waals surface area contributed by atoms with Crippen molar-refractivity contribution in [2.24, 2.45) is 4.99 Å². The van der Waals surface area contributed by atoms with E-state index in [-0.39, 0.29) is 0 Å². The largest absolute Gasteiger partial charge is 0.264 e. The molecule has 0 aliphatic carbocycles. The molecule has 2 heterocycles. The van der Waals surface area contributed by atoms with Crippen LogP contribution in [0.4, 0.5) is 0 Å². The number of nitrogens with zero attached hydrogens (tertiary/aromatic N) is 2. The first-order valence-electron chi connectivity index (χ1n) is 13.6. The van der Waals surface area contributed by atoms with Crippen LogP contribution in [0.15, 0.2) is 151 Å². The van der Waals surface area contributed by atoms with Gasteiger partial charge in [0.25, 0.3) is 0 Å². The van der Waals surface area contributed by atoms with E-state index in [4.69, 9.17) is 0 Å². The predicted octanol–water partition coefficient (Wildman–Crippen LogP) is 10.1. The molecule has 0 unspecified atom stereocenters. The minimum Gasteiger partial charge on any atom is -0.264 e. The van der Waals surface area contributed by atoms with Crippen LogP contribution in [0.2, 0.25) is 0 Å². The Bertz CT molecular complexity index is 1840. The molecule has 0 spiro atoms. The molecule has 0 amide bonds. The molecule has 5 aromatic rings. The second kappa shape index (κ2) is 11.3. The number of allylic oxidation sites excluding steroid dienone is 10. The summed E-state index contributed by atoms with van der Waals surface area (Å²) in [4.78, 5) is 8.89. The average molecular weight is 515 g/mol. The fourth-order valence-electron chi connectivity index (χ4n) is 5.37. The Kier molecular flexibility index (Phi) is 7.15. The van der Waals surface area contributed by atoms with Crippen LogP contribution in [-0.2, 0) is 0 Å². The number of pyridine rings is 1. The summed E-state index contributed by atoms with van der Waals surface area (Å²) in [6.07, 6.45) is 22.2. The van der Waals surface area contributed by atoms with Gasteiger partial charge in [0.15, 0.2) is 0 Å². The Labute approximate surface area is 235 Å². The minimum atomic E-state index is 0.953. The van der Waals surface area contributed by atoms with Crippen molar-refractivity contribution in [1.82, 2.24) is 4.98 Å². The van der Waals surface area contributed by atoms with Gasteiger partial charge in [-0.2, -0.15) is 0 Å². The van der Waals surface area contributed by atoms with Crippen LogP contribution in [0, 0.1) is 6.92 Å². The molecule has 0 bridgehead atoms. The van der Waals surface area contributed by atoms with Gasteiger partial charge in [-0.05, 0) is 87.0 Å². The number of aryl methyl sites for hydroxylation is 1. The number of fused-ring (bicyclic) bond motifs is 2. The van der Waals surface area contributed by atoms with E-state index in [1.165, 1.54) is 49.4 Å². The predicted molar refractivity (Wildman–Crippen MR) is 173 cm³/mol. The second-order valence-electron chi connectivity index (χ2n) is 9.95. The molecular weight excluding hydrogens is 484 g/mol. The van der Waals surface area contributed by atoms with Crippen LogP contribution in [0.1, 0.15) is 18.1 Å². The minimum absolute atomic E-state index is 0.953. The third-order valence-corrected chi connectivity index (χ3v) is 7.33. The number of aromatic nitrogens is 1. The van der Waals surface area contributed by atoms with E-state index in [1.807, 2.05) is 43.8 Å². The van der Waals surface area contributed by atoms with E-state index in [1.54, 1.807) is 0 Å². The zero-order valence-corrected chi connectivity index (χ0v) is 22.8. The third kappa shape index (κ3) is 5.00. The lowest BCUT2D eigenvalue weighted by Gasteiger charge is -2.18. The molecule has 0 N–H and O–H groups in total. The molecular formula is C38H30N2. The Morgan fingerprint density at radius 1 is 0.550 bits per heavy atom. The lowest BCUT2D eigenvalue weighted by atomic mass is 9.85. The maximum Gasteiger partial charge on any atom is 0.0372 e. The van der Waals surface area contributed by atoms with Crippen LogP contribution in [-0.4, -0.2) is 11.2 Å². The zero-order valence-electron chi connectivity index (χ0n) is 22.8. The van der Waals surface area contributed by atoms with Gasteiger partial charge in [-0.1, -0.05) is 109 Å². The first kappa shape index (κ1) is 25.2. The van der Waals surface area contributed by atoms with Crippen molar-refractivity contribution in [2.75, 3.05) is 0 Å². The molecule has 0 fully saturated rings. The van der Waals surface area contributed by atoms with E-state index in [9.17, 15) is 0 Å². The van der Waals surface area contributed by atoms with Crippen molar-refractivity contribution in [2.45, 2.75) is 13.8 Å². The van der Waals surface area contributed by atoms with E-state index in [0.717, 1.165) is 16.8 Å². The van der Waals surface area contributed by atoms with Crippen molar-refractivity contribution >= 4 is 33.3 Å². The molecule has 1 aromatic heterocycles. The topological polar surface area (TPSA) is 25.2 Å². The second-order valence-corrected chi connectivity index (χ2v) is 9.95. The van der Waals surface area contributed by atoms with E-state index >= 15 is 0 Å². The molecule has 0 saturated carbocycles. The summed E-state index contributed by atoms with van der Waals surface area (Å²) >= 11 is 0. The Morgan fingerprint density at radius 2 is 1.15 bits per heavy atom. The summed E-state index contributed by atoms with van der Waals surface area (Å²) in [6.45, 7) is 4.16. The van der Waals surface area contributed by atoms with Gasteiger partial charge >= 0.3 is 0 Å². The van der Waals surface area contributed by atoms with Gasteiger partial charge in [-0.3, -0.25) is 9.98 Å². The Hall–Kier alpha value is -5.08. The lowest BCUT2D eigenvalue weighted by molar-refractivity contribution is 1.29. The highest BCUT2D eigenvalue weighted by atomic mass is 14.7. The quantitative estimate of drug-likeness (QED) is 0.220. The number of aliphatic imine (C=N–C) groups is 1. The van der Waals surface area contributed by atoms with Gasteiger partial charge in [-0.15, -0.1) is 0 Å². The SMILES string of the molecule is CC1=C/C=C(c2c3ccccc3c(-c3ccc(-c4cnccc4C)cc3)c3ccccc23)\C=C/C=C/C=C/C=N\1. The lowest BCUT2D eigenvalue weighted by Crippen LogP contribution is -1.93. The molecule has 1 aliphatic heterocycles. The highest BCUT2D eigenvalue weighted by Crippen LogP contribution is 2.42. The zero-order chi connectivity index (χ0) is 27.3. The Balaban J connectivity index is 1.59. The van der Waals surface area contributed by atoms with Crippen LogP contribution in [0.5, 0.6) is 0 Å². The summed E-state index contributed by atoms with van der Waals surface area (Å²) < 4.78 is 0. The third-order valence-electron chi connectivity index (χ3n) is 7.33. The van der Waals surface area contributed by atoms with Gasteiger partial charge in [0, 0.05) is 29.9 Å². The maximum absolute atomic E-state index is 4.54. The van der Waals surface area contributed by atoms with Gasteiger partial charge in [0.05, 0.1) is 0 Å². The summed E-state index contributed by atoms with van der Waals surface area (Å²) in [6, 6.07) is 28.5. The number of hydrogen-bond donors (Lipinski definition) is 0. The monoisotopic (exact) mass is 514 g/mol. The molecule has 0 radical (unpaired) electrons. The van der Waals surface area contributed by atoms with E-state index in [0.29, 0.717) is 0 Å². The molecule has 0 atom stereocenters. The van der Waals surface area contributed by atoms with Crippen LogP contribution in [0.3, 0.4) is 0 Å². The number of hydrogen-bond acceptors (Lipinski definition) is 2. The molecule has 2 heteroatoms. The van der Waals surface area contributed by atoms with Crippen molar-refractivity contribution in [3.8, 4) is 22.3 Å². The Morgan fingerprint density at radius 3 is 1.82 bits per heavy atom. The van der Waals surface area contributed by atoms with Gasteiger partial charge in [0.2, 0.25) is 0 Å². The maximum atomic E-state index is 4.54. The molecule has 0 saturated heterocycles. The van der Waals surface area contributed by atoms with E-state index < -0.39 is 0 Å². The number of rotatable bonds is 3. The van der Waals surface area contributed by atoms with Gasteiger partial charge in [-0.25, -0.2) is 0 Å². The highest BCUT2D eigenvalue weighted by Gasteiger charge is 2.17. The summed E-state index contributed by atoms with van der Waals surface area (Å²) in [7, 11) is 0. The molecule has 2 nitrogen and oxygen atoms in total. The normalized spacial score (nSPS) is 19.4.